The van der Waals surface area contributed by atoms with E-state index in [1.54, 1.807) is 24.3 Å². The second kappa shape index (κ2) is 14.2. The second-order valence-corrected chi connectivity index (χ2v) is 12.3. The number of carbonyl (C=O) groups is 2. The van der Waals surface area contributed by atoms with Gasteiger partial charge in [-0.2, -0.15) is 0 Å². The first-order valence-electron chi connectivity index (χ1n) is 13.9. The van der Waals surface area contributed by atoms with Crippen LogP contribution in [0.15, 0.2) is 71.6 Å². The molecule has 0 saturated carbocycles. The third-order valence-corrected chi connectivity index (χ3v) is 8.74. The molecule has 42 heavy (non-hydrogen) atoms. The molecule has 0 aliphatic carbocycles. The summed E-state index contributed by atoms with van der Waals surface area (Å²) < 4.78 is 40.3. The molecule has 1 atom stereocenters. The molecule has 3 aromatic rings. The van der Waals surface area contributed by atoms with Crippen LogP contribution in [0.4, 0.5) is 5.69 Å². The van der Waals surface area contributed by atoms with Gasteiger partial charge in [-0.1, -0.05) is 48.9 Å². The van der Waals surface area contributed by atoms with E-state index in [9.17, 15) is 18.0 Å². The number of carbonyl (C=O) groups excluding carboxylic acids is 2. The topological polar surface area (TPSA) is 105 Å². The minimum atomic E-state index is -4.26. The summed E-state index contributed by atoms with van der Waals surface area (Å²) in [7, 11) is -1.36. The van der Waals surface area contributed by atoms with Crippen LogP contribution in [0.3, 0.4) is 0 Å². The van der Waals surface area contributed by atoms with Crippen molar-refractivity contribution in [2.45, 2.75) is 64.6 Å². The summed E-state index contributed by atoms with van der Waals surface area (Å²) in [5, 5.41) is 2.91. The quantitative estimate of drug-likeness (QED) is 0.303. The van der Waals surface area contributed by atoms with E-state index < -0.39 is 28.5 Å². The van der Waals surface area contributed by atoms with Gasteiger partial charge in [-0.25, -0.2) is 8.42 Å². The molecule has 0 saturated heterocycles. The predicted molar refractivity (Wildman–Crippen MR) is 164 cm³/mol. The molecule has 9 nitrogen and oxygen atoms in total. The van der Waals surface area contributed by atoms with E-state index in [1.807, 2.05) is 58.9 Å². The monoisotopic (exact) mass is 595 g/mol. The first kappa shape index (κ1) is 32.5. The molecular formula is C32H41N3O6S. The van der Waals surface area contributed by atoms with Crippen molar-refractivity contribution in [3.8, 4) is 11.5 Å². The van der Waals surface area contributed by atoms with Gasteiger partial charge in [0.1, 0.15) is 24.1 Å². The maximum Gasteiger partial charge on any atom is 0.264 e. The standard InChI is InChI=1S/C32H41N3O6S/c1-8-28(32(37)33-22(2)3)34(20-25-12-10-9-11-24(25)5)31(36)21-35(29-19-26(40-6)15-18-30(29)41-7)42(38,39)27-16-13-23(4)14-17-27/h9-19,22,28H,8,20-21H2,1-7H3,(H,33,37)/t28-/m1/s1. The van der Waals surface area contributed by atoms with E-state index in [2.05, 4.69) is 5.32 Å². The fourth-order valence-corrected chi connectivity index (χ4v) is 6.03. The summed E-state index contributed by atoms with van der Waals surface area (Å²) in [4.78, 5) is 29.1. The first-order valence-corrected chi connectivity index (χ1v) is 15.3. The number of hydrogen-bond donors (Lipinski definition) is 1. The number of nitrogens with one attached hydrogen (secondary N) is 1. The summed E-state index contributed by atoms with van der Waals surface area (Å²) in [6, 6.07) is 17.8. The largest absolute Gasteiger partial charge is 0.497 e. The lowest BCUT2D eigenvalue weighted by molar-refractivity contribution is -0.140. The molecule has 0 fully saturated rings. The van der Waals surface area contributed by atoms with Crippen LogP contribution < -0.4 is 19.1 Å². The van der Waals surface area contributed by atoms with Crippen molar-refractivity contribution < 1.29 is 27.5 Å². The molecule has 1 N–H and O–H groups in total. The van der Waals surface area contributed by atoms with Crippen LogP contribution in [-0.2, 0) is 26.2 Å². The third-order valence-electron chi connectivity index (χ3n) is 6.96. The van der Waals surface area contributed by atoms with Gasteiger partial charge >= 0.3 is 0 Å². The van der Waals surface area contributed by atoms with Crippen LogP contribution in [0.1, 0.15) is 43.9 Å². The molecule has 2 amide bonds. The van der Waals surface area contributed by atoms with E-state index in [0.717, 1.165) is 21.0 Å². The van der Waals surface area contributed by atoms with Crippen LogP contribution in [0.25, 0.3) is 0 Å². The molecule has 0 unspecified atom stereocenters. The zero-order valence-electron chi connectivity index (χ0n) is 25.4. The van der Waals surface area contributed by atoms with Gasteiger partial charge in [0.15, 0.2) is 0 Å². The predicted octanol–water partition coefficient (Wildman–Crippen LogP) is 4.85. The highest BCUT2D eigenvalue weighted by Gasteiger charge is 2.35. The van der Waals surface area contributed by atoms with Gasteiger partial charge in [-0.15, -0.1) is 0 Å². The molecule has 3 rings (SSSR count). The second-order valence-electron chi connectivity index (χ2n) is 10.4. The molecule has 0 bridgehead atoms. The number of methoxy groups -OCH3 is 2. The number of nitrogens with zero attached hydrogens (tertiary/aromatic N) is 2. The fraction of sp³-hybridized carbons (Fsp3) is 0.375. The molecule has 0 radical (unpaired) electrons. The summed E-state index contributed by atoms with van der Waals surface area (Å²) in [6.07, 6.45) is 0.337. The lowest BCUT2D eigenvalue weighted by Crippen LogP contribution is -2.53. The Balaban J connectivity index is 2.17. The van der Waals surface area contributed by atoms with E-state index in [-0.39, 0.29) is 34.8 Å². The van der Waals surface area contributed by atoms with Crippen molar-refractivity contribution in [2.75, 3.05) is 25.1 Å². The first-order chi connectivity index (χ1) is 19.9. The van der Waals surface area contributed by atoms with Crippen LogP contribution in [0.5, 0.6) is 11.5 Å². The van der Waals surface area contributed by atoms with Crippen molar-refractivity contribution in [3.05, 3.63) is 83.4 Å². The zero-order chi connectivity index (χ0) is 31.0. The Morgan fingerprint density at radius 3 is 2.17 bits per heavy atom. The molecule has 0 heterocycles. The van der Waals surface area contributed by atoms with Gasteiger partial charge in [0, 0.05) is 18.7 Å². The van der Waals surface area contributed by atoms with Crippen molar-refractivity contribution in [1.29, 1.82) is 0 Å². The van der Waals surface area contributed by atoms with E-state index in [4.69, 9.17) is 9.47 Å². The van der Waals surface area contributed by atoms with Gasteiger partial charge in [0.25, 0.3) is 10.0 Å². The maximum atomic E-state index is 14.3. The SMILES string of the molecule is CC[C@H](C(=O)NC(C)C)N(Cc1ccccc1C)C(=O)CN(c1cc(OC)ccc1OC)S(=O)(=O)c1ccc(C)cc1. The minimum Gasteiger partial charge on any atom is -0.497 e. The van der Waals surface area contributed by atoms with Gasteiger partial charge in [0.2, 0.25) is 11.8 Å². The summed E-state index contributed by atoms with van der Waals surface area (Å²) in [6.45, 7) is 8.88. The molecule has 226 valence electrons. The number of ether oxygens (including phenoxy) is 2. The number of sulfonamides is 1. The van der Waals surface area contributed by atoms with E-state index in [1.165, 1.54) is 37.3 Å². The maximum absolute atomic E-state index is 14.3. The van der Waals surface area contributed by atoms with Crippen molar-refractivity contribution in [1.82, 2.24) is 10.2 Å². The Hall–Kier alpha value is -4.05. The van der Waals surface area contributed by atoms with Gasteiger partial charge in [-0.05, 0) is 69.5 Å². The van der Waals surface area contributed by atoms with Crippen LogP contribution in [-0.4, -0.2) is 58.0 Å². The Morgan fingerprint density at radius 2 is 1.60 bits per heavy atom. The van der Waals surface area contributed by atoms with Crippen molar-refractivity contribution in [2.24, 2.45) is 0 Å². The normalized spacial score (nSPS) is 12.0. The Kier molecular flexibility index (Phi) is 11.0. The number of anilines is 1. The smallest absolute Gasteiger partial charge is 0.264 e. The molecule has 0 aromatic heterocycles. The highest BCUT2D eigenvalue weighted by atomic mass is 32.2. The minimum absolute atomic E-state index is 0.0146. The van der Waals surface area contributed by atoms with Crippen LogP contribution in [0, 0.1) is 13.8 Å². The average molecular weight is 596 g/mol. The number of amides is 2. The Labute approximate surface area is 249 Å². The third kappa shape index (κ3) is 7.61. The lowest BCUT2D eigenvalue weighted by Gasteiger charge is -2.34. The summed E-state index contributed by atoms with van der Waals surface area (Å²) in [5.74, 6) is -0.206. The van der Waals surface area contributed by atoms with E-state index in [0.29, 0.717) is 12.2 Å². The highest BCUT2D eigenvalue weighted by Crippen LogP contribution is 2.36. The van der Waals surface area contributed by atoms with Crippen LogP contribution >= 0.6 is 0 Å². The molecule has 0 aliphatic rings. The van der Waals surface area contributed by atoms with Gasteiger partial charge in [0.05, 0.1) is 24.8 Å². The van der Waals surface area contributed by atoms with Gasteiger partial charge in [-0.3, -0.25) is 13.9 Å². The lowest BCUT2D eigenvalue weighted by atomic mass is 10.1. The average Bonchev–Trinajstić information content (AvgIpc) is 2.96. The molecular weight excluding hydrogens is 554 g/mol. The molecule has 0 spiro atoms. The Morgan fingerprint density at radius 1 is 0.929 bits per heavy atom. The number of rotatable bonds is 13. The van der Waals surface area contributed by atoms with Crippen LogP contribution in [0.2, 0.25) is 0 Å². The molecule has 10 heteroatoms. The van der Waals surface area contributed by atoms with Gasteiger partial charge < -0.3 is 19.7 Å². The summed E-state index contributed by atoms with van der Waals surface area (Å²) >= 11 is 0. The molecule has 0 aliphatic heterocycles. The van der Waals surface area contributed by atoms with E-state index >= 15 is 0 Å². The zero-order valence-corrected chi connectivity index (χ0v) is 26.2. The number of aryl methyl sites for hydroxylation is 2. The highest BCUT2D eigenvalue weighted by molar-refractivity contribution is 7.92. The van der Waals surface area contributed by atoms with Crippen molar-refractivity contribution >= 4 is 27.5 Å². The summed E-state index contributed by atoms with van der Waals surface area (Å²) in [5.41, 5.74) is 2.84. The van der Waals surface area contributed by atoms with Crippen molar-refractivity contribution in [3.63, 3.8) is 0 Å². The molecule has 3 aromatic carbocycles. The number of benzene rings is 3. The Bertz CT molecular complexity index is 1490. The number of hydrogen-bond acceptors (Lipinski definition) is 6. The fourth-order valence-electron chi connectivity index (χ4n) is 4.61.